The number of rotatable bonds is 4. The van der Waals surface area contributed by atoms with Crippen molar-refractivity contribution in [2.75, 3.05) is 26.7 Å². The van der Waals surface area contributed by atoms with E-state index in [2.05, 4.69) is 57.9 Å². The molecule has 1 saturated carbocycles. The second-order valence-electron chi connectivity index (χ2n) is 10.2. The number of amides is 1. The highest BCUT2D eigenvalue weighted by atomic mass is 16.5. The second-order valence-corrected chi connectivity index (χ2v) is 10.2. The number of esters is 1. The van der Waals surface area contributed by atoms with Gasteiger partial charge in [-0.2, -0.15) is 0 Å². The van der Waals surface area contributed by atoms with Crippen molar-refractivity contribution in [1.82, 2.24) is 19.8 Å². The Labute approximate surface area is 188 Å². The summed E-state index contributed by atoms with van der Waals surface area (Å²) in [6.07, 6.45) is 4.94. The van der Waals surface area contributed by atoms with Crippen LogP contribution in [0.15, 0.2) is 36.7 Å². The molecule has 32 heavy (non-hydrogen) atoms. The molecule has 2 aliphatic heterocycles. The van der Waals surface area contributed by atoms with Crippen LogP contribution in [0.1, 0.15) is 47.6 Å². The van der Waals surface area contributed by atoms with E-state index in [4.69, 9.17) is 4.74 Å². The maximum atomic E-state index is 13.9. The second kappa shape index (κ2) is 7.66. The van der Waals surface area contributed by atoms with Gasteiger partial charge in [0.2, 0.25) is 5.91 Å². The lowest BCUT2D eigenvalue weighted by molar-refractivity contribution is -0.164. The van der Waals surface area contributed by atoms with Crippen molar-refractivity contribution in [3.05, 3.63) is 59.2 Å². The van der Waals surface area contributed by atoms with E-state index < -0.39 is 5.97 Å². The normalized spacial score (nSPS) is 26.1. The van der Waals surface area contributed by atoms with Gasteiger partial charge in [-0.15, -0.1) is 0 Å². The summed E-state index contributed by atoms with van der Waals surface area (Å²) in [5, 5.41) is 0. The molecule has 0 bridgehead atoms. The minimum absolute atomic E-state index is 0.151. The summed E-state index contributed by atoms with van der Waals surface area (Å²) in [6, 6.07) is 8.46. The number of methoxy groups -OCH3 is 1. The molecular formula is C25H30N4O3. The first-order valence-corrected chi connectivity index (χ1v) is 11.3. The number of aromatic nitrogens is 2. The van der Waals surface area contributed by atoms with Gasteiger partial charge in [0.25, 0.3) is 0 Å². The first kappa shape index (κ1) is 21.1. The summed E-state index contributed by atoms with van der Waals surface area (Å²) in [4.78, 5) is 38.4. The van der Waals surface area contributed by atoms with Crippen molar-refractivity contribution in [2.45, 2.75) is 39.8 Å². The summed E-state index contributed by atoms with van der Waals surface area (Å²) in [7, 11) is 1.33. The van der Waals surface area contributed by atoms with E-state index in [0.717, 1.165) is 38.2 Å². The van der Waals surface area contributed by atoms with E-state index >= 15 is 0 Å². The number of benzene rings is 1. The zero-order valence-corrected chi connectivity index (χ0v) is 19.0. The SMILES string of the molecule is COC(=O)c1cnc(CN2C[C@@H]3C(C)(C)C[C@]3(C(=O)N3CCc4ccccc4C3)C2)cn1. The summed E-state index contributed by atoms with van der Waals surface area (Å²) in [5.74, 6) is 0.158. The van der Waals surface area contributed by atoms with Gasteiger partial charge >= 0.3 is 5.97 Å². The number of ether oxygens (including phenoxy) is 1. The van der Waals surface area contributed by atoms with Gasteiger partial charge in [0, 0.05) is 32.7 Å². The Balaban J connectivity index is 1.32. The molecule has 1 amide bonds. The molecule has 7 nitrogen and oxygen atoms in total. The van der Waals surface area contributed by atoms with E-state index in [0.29, 0.717) is 24.9 Å². The van der Waals surface area contributed by atoms with E-state index in [1.165, 1.54) is 24.4 Å². The topological polar surface area (TPSA) is 75.6 Å². The summed E-state index contributed by atoms with van der Waals surface area (Å²) in [5.41, 5.74) is 3.48. The van der Waals surface area contributed by atoms with Crippen LogP contribution in [0.4, 0.5) is 0 Å². The molecule has 3 heterocycles. The lowest BCUT2D eigenvalue weighted by atomic mass is 9.47. The fraction of sp³-hybridized carbons (Fsp3) is 0.520. The summed E-state index contributed by atoms with van der Waals surface area (Å²) >= 11 is 0. The molecule has 3 aliphatic rings. The minimum Gasteiger partial charge on any atom is -0.464 e. The first-order valence-electron chi connectivity index (χ1n) is 11.3. The molecule has 1 aromatic heterocycles. The molecule has 2 aromatic rings. The molecular weight excluding hydrogens is 404 g/mol. The third-order valence-corrected chi connectivity index (χ3v) is 7.66. The Bertz CT molecular complexity index is 1050. The Morgan fingerprint density at radius 2 is 1.94 bits per heavy atom. The average Bonchev–Trinajstić information content (AvgIpc) is 3.12. The predicted octanol–water partition coefficient (Wildman–Crippen LogP) is 2.70. The molecule has 7 heteroatoms. The van der Waals surface area contributed by atoms with Crippen molar-refractivity contribution >= 4 is 11.9 Å². The van der Waals surface area contributed by atoms with Gasteiger partial charge in [-0.1, -0.05) is 38.1 Å². The van der Waals surface area contributed by atoms with Crippen LogP contribution in [0.3, 0.4) is 0 Å². The molecule has 2 fully saturated rings. The lowest BCUT2D eigenvalue weighted by Gasteiger charge is -2.57. The van der Waals surface area contributed by atoms with Crippen molar-refractivity contribution in [1.29, 1.82) is 0 Å². The molecule has 2 atom stereocenters. The van der Waals surface area contributed by atoms with Crippen molar-refractivity contribution in [2.24, 2.45) is 16.7 Å². The van der Waals surface area contributed by atoms with Crippen LogP contribution in [0.2, 0.25) is 0 Å². The van der Waals surface area contributed by atoms with Gasteiger partial charge < -0.3 is 9.64 Å². The Hall–Kier alpha value is -2.80. The number of fused-ring (bicyclic) bond motifs is 2. The smallest absolute Gasteiger partial charge is 0.358 e. The van der Waals surface area contributed by atoms with Crippen LogP contribution in [0.25, 0.3) is 0 Å². The number of carbonyl (C=O) groups is 2. The summed E-state index contributed by atoms with van der Waals surface area (Å²) < 4.78 is 4.69. The van der Waals surface area contributed by atoms with E-state index in [1.54, 1.807) is 6.20 Å². The molecule has 0 spiro atoms. The fourth-order valence-electron chi connectivity index (χ4n) is 6.26. The van der Waals surface area contributed by atoms with Crippen molar-refractivity contribution in [3.8, 4) is 0 Å². The zero-order chi connectivity index (χ0) is 22.5. The van der Waals surface area contributed by atoms with Gasteiger partial charge in [-0.3, -0.25) is 14.7 Å². The van der Waals surface area contributed by atoms with Crippen molar-refractivity contribution < 1.29 is 14.3 Å². The third-order valence-electron chi connectivity index (χ3n) is 7.66. The number of hydrogen-bond donors (Lipinski definition) is 0. The molecule has 0 radical (unpaired) electrons. The maximum Gasteiger partial charge on any atom is 0.358 e. The molecule has 0 N–H and O–H groups in total. The average molecular weight is 435 g/mol. The number of nitrogens with zero attached hydrogens (tertiary/aromatic N) is 4. The highest BCUT2D eigenvalue weighted by Gasteiger charge is 2.67. The zero-order valence-electron chi connectivity index (χ0n) is 19.0. The van der Waals surface area contributed by atoms with Gasteiger partial charge in [0.05, 0.1) is 30.6 Å². The molecule has 5 rings (SSSR count). The van der Waals surface area contributed by atoms with E-state index in [9.17, 15) is 9.59 Å². The van der Waals surface area contributed by atoms with Crippen LogP contribution in [0, 0.1) is 16.7 Å². The highest BCUT2D eigenvalue weighted by Crippen LogP contribution is 2.63. The number of carbonyl (C=O) groups excluding carboxylic acids is 2. The van der Waals surface area contributed by atoms with Crippen LogP contribution in [-0.4, -0.2) is 58.4 Å². The minimum atomic E-state index is -0.488. The Kier molecular flexibility index (Phi) is 5.04. The number of hydrogen-bond acceptors (Lipinski definition) is 6. The monoisotopic (exact) mass is 434 g/mol. The van der Waals surface area contributed by atoms with Gasteiger partial charge in [-0.25, -0.2) is 9.78 Å². The molecule has 1 aliphatic carbocycles. The third kappa shape index (κ3) is 3.39. The van der Waals surface area contributed by atoms with Crippen molar-refractivity contribution in [3.63, 3.8) is 0 Å². The quantitative estimate of drug-likeness (QED) is 0.689. The Morgan fingerprint density at radius 1 is 1.16 bits per heavy atom. The molecule has 1 saturated heterocycles. The van der Waals surface area contributed by atoms with Crippen LogP contribution in [-0.2, 0) is 29.0 Å². The lowest BCUT2D eigenvalue weighted by Crippen LogP contribution is -2.61. The van der Waals surface area contributed by atoms with E-state index in [-0.39, 0.29) is 16.5 Å². The Morgan fingerprint density at radius 3 is 2.62 bits per heavy atom. The van der Waals surface area contributed by atoms with Crippen LogP contribution >= 0.6 is 0 Å². The first-order chi connectivity index (χ1) is 15.3. The highest BCUT2D eigenvalue weighted by molar-refractivity contribution is 5.86. The maximum absolute atomic E-state index is 13.9. The fourth-order valence-corrected chi connectivity index (χ4v) is 6.26. The molecule has 1 aromatic carbocycles. The van der Waals surface area contributed by atoms with Gasteiger partial charge in [0.15, 0.2) is 5.69 Å². The summed E-state index contributed by atoms with van der Waals surface area (Å²) in [6.45, 7) is 8.32. The number of likely N-dealkylation sites (tertiary alicyclic amines) is 1. The van der Waals surface area contributed by atoms with Crippen LogP contribution in [0.5, 0.6) is 0 Å². The van der Waals surface area contributed by atoms with E-state index in [1.807, 2.05) is 0 Å². The largest absolute Gasteiger partial charge is 0.464 e. The van der Waals surface area contributed by atoms with Gasteiger partial charge in [0.1, 0.15) is 0 Å². The van der Waals surface area contributed by atoms with Crippen LogP contribution < -0.4 is 0 Å². The van der Waals surface area contributed by atoms with Gasteiger partial charge in [-0.05, 0) is 35.3 Å². The standard InChI is InChI=1S/C25H30N4O3/c1-24(2)15-25(23(31)29-9-8-17-6-4-5-7-18(17)12-29)16-28(14-21(24)25)13-19-10-27-20(11-26-19)22(30)32-3/h4-7,10-11,21H,8-9,12-16H2,1-3H3/t21-,25+/m1/s1. The predicted molar refractivity (Wildman–Crippen MR) is 119 cm³/mol. The molecule has 168 valence electrons. The molecule has 0 unspecified atom stereocenters.